The number of rotatable bonds is 6. The maximum absolute atomic E-state index is 12.9. The molecule has 0 radical (unpaired) electrons. The van der Waals surface area contributed by atoms with E-state index < -0.39 is 15.9 Å². The number of carbonyl (C=O) groups excluding carboxylic acids is 1. The van der Waals surface area contributed by atoms with Gasteiger partial charge in [-0.3, -0.25) is 14.1 Å². The number of halogens is 1. The Balaban J connectivity index is 1.76. The van der Waals surface area contributed by atoms with Crippen molar-refractivity contribution >= 4 is 21.6 Å². The number of anilines is 1. The fraction of sp³-hybridized carbons (Fsp3) is 0.100. The summed E-state index contributed by atoms with van der Waals surface area (Å²) >= 11 is 0. The molecule has 0 aliphatic heterocycles. The molecule has 0 unspecified atom stereocenters. The van der Waals surface area contributed by atoms with Crippen molar-refractivity contribution in [3.05, 3.63) is 90.0 Å². The van der Waals surface area contributed by atoms with E-state index in [1.165, 1.54) is 49.6 Å². The summed E-state index contributed by atoms with van der Waals surface area (Å²) in [6, 6.07) is 16.7. The molecule has 0 atom stereocenters. The molecule has 6 nitrogen and oxygen atoms in total. The molecule has 3 aromatic rings. The highest BCUT2D eigenvalue weighted by atomic mass is 32.2. The third-order valence-corrected chi connectivity index (χ3v) is 5.91. The van der Waals surface area contributed by atoms with Gasteiger partial charge in [0.05, 0.1) is 10.6 Å². The molecule has 0 bridgehead atoms. The number of nitrogens with one attached hydrogen (secondary N) is 1. The van der Waals surface area contributed by atoms with Crippen molar-refractivity contribution < 1.29 is 17.6 Å². The van der Waals surface area contributed by atoms with E-state index in [2.05, 4.69) is 10.3 Å². The van der Waals surface area contributed by atoms with E-state index in [0.29, 0.717) is 5.69 Å². The SMILES string of the molecule is CN(c1ccnc(C(=O)NCc2ccc(F)cc2)c1)S(=O)(=O)c1ccccc1. The summed E-state index contributed by atoms with van der Waals surface area (Å²) in [5.74, 6) is -0.816. The lowest BCUT2D eigenvalue weighted by Gasteiger charge is -2.19. The number of benzene rings is 2. The second-order valence-corrected chi connectivity index (χ2v) is 7.96. The summed E-state index contributed by atoms with van der Waals surface area (Å²) < 4.78 is 39.5. The van der Waals surface area contributed by atoms with Crippen molar-refractivity contribution in [2.24, 2.45) is 0 Å². The molecule has 1 N–H and O–H groups in total. The topological polar surface area (TPSA) is 79.4 Å². The summed E-state index contributed by atoms with van der Waals surface area (Å²) in [5.41, 5.74) is 1.12. The number of sulfonamides is 1. The number of amides is 1. The molecular weight excluding hydrogens is 381 g/mol. The molecule has 2 aromatic carbocycles. The standard InChI is InChI=1S/C20H18FN3O3S/c1-24(28(26,27)18-5-3-2-4-6-18)17-11-12-22-19(13-17)20(25)23-14-15-7-9-16(21)10-8-15/h2-13H,14H2,1H3,(H,23,25). The van der Waals surface area contributed by atoms with Crippen LogP contribution in [0.2, 0.25) is 0 Å². The van der Waals surface area contributed by atoms with Gasteiger partial charge in [-0.1, -0.05) is 30.3 Å². The van der Waals surface area contributed by atoms with Gasteiger partial charge in [0.15, 0.2) is 0 Å². The molecule has 0 spiro atoms. The van der Waals surface area contributed by atoms with Crippen LogP contribution in [0.15, 0.2) is 77.8 Å². The molecule has 0 aliphatic rings. The first-order chi connectivity index (χ1) is 13.4. The number of nitrogens with zero attached hydrogens (tertiary/aromatic N) is 2. The smallest absolute Gasteiger partial charge is 0.270 e. The highest BCUT2D eigenvalue weighted by Gasteiger charge is 2.22. The van der Waals surface area contributed by atoms with Gasteiger partial charge in [0, 0.05) is 19.8 Å². The van der Waals surface area contributed by atoms with Crippen LogP contribution in [0.3, 0.4) is 0 Å². The molecule has 144 valence electrons. The number of hydrogen-bond donors (Lipinski definition) is 1. The predicted octanol–water partition coefficient (Wildman–Crippen LogP) is 2.98. The normalized spacial score (nSPS) is 11.1. The van der Waals surface area contributed by atoms with E-state index >= 15 is 0 Å². The van der Waals surface area contributed by atoms with Crippen LogP contribution in [0, 0.1) is 5.82 Å². The Morgan fingerprint density at radius 2 is 1.75 bits per heavy atom. The van der Waals surface area contributed by atoms with E-state index in [0.717, 1.165) is 9.87 Å². The Labute approximate surface area is 162 Å². The van der Waals surface area contributed by atoms with E-state index in [-0.39, 0.29) is 23.0 Å². The maximum atomic E-state index is 12.9. The van der Waals surface area contributed by atoms with Gasteiger partial charge in [0.25, 0.3) is 15.9 Å². The quantitative estimate of drug-likeness (QED) is 0.691. The van der Waals surface area contributed by atoms with Crippen molar-refractivity contribution in [3.63, 3.8) is 0 Å². The van der Waals surface area contributed by atoms with Gasteiger partial charge < -0.3 is 5.32 Å². The minimum absolute atomic E-state index is 0.0784. The highest BCUT2D eigenvalue weighted by molar-refractivity contribution is 7.92. The second kappa shape index (κ2) is 8.18. The zero-order valence-corrected chi connectivity index (χ0v) is 15.9. The second-order valence-electron chi connectivity index (χ2n) is 5.99. The van der Waals surface area contributed by atoms with Crippen LogP contribution in [0.4, 0.5) is 10.1 Å². The molecule has 8 heteroatoms. The van der Waals surface area contributed by atoms with Crippen LogP contribution < -0.4 is 9.62 Å². The Morgan fingerprint density at radius 3 is 2.43 bits per heavy atom. The van der Waals surface area contributed by atoms with E-state index in [9.17, 15) is 17.6 Å². The van der Waals surface area contributed by atoms with Crippen LogP contribution in [0.25, 0.3) is 0 Å². The van der Waals surface area contributed by atoms with Crippen molar-refractivity contribution in [2.45, 2.75) is 11.4 Å². The maximum Gasteiger partial charge on any atom is 0.270 e. The van der Waals surface area contributed by atoms with Crippen molar-refractivity contribution in [3.8, 4) is 0 Å². The Morgan fingerprint density at radius 1 is 1.07 bits per heavy atom. The van der Waals surface area contributed by atoms with Crippen LogP contribution in [0.5, 0.6) is 0 Å². The lowest BCUT2D eigenvalue weighted by Crippen LogP contribution is -2.28. The molecule has 0 aliphatic carbocycles. The largest absolute Gasteiger partial charge is 0.347 e. The third-order valence-electron chi connectivity index (χ3n) is 4.11. The molecule has 0 saturated carbocycles. The van der Waals surface area contributed by atoms with Gasteiger partial charge in [-0.05, 0) is 42.0 Å². The van der Waals surface area contributed by atoms with Crippen LogP contribution in [-0.4, -0.2) is 26.4 Å². The van der Waals surface area contributed by atoms with Gasteiger partial charge in [-0.25, -0.2) is 12.8 Å². The monoisotopic (exact) mass is 399 g/mol. The molecule has 0 saturated heterocycles. The van der Waals surface area contributed by atoms with E-state index in [1.807, 2.05) is 0 Å². The lowest BCUT2D eigenvalue weighted by atomic mass is 10.2. The zero-order chi connectivity index (χ0) is 20.1. The van der Waals surface area contributed by atoms with Gasteiger partial charge in [-0.15, -0.1) is 0 Å². The number of pyridine rings is 1. The first kappa shape index (κ1) is 19.5. The average Bonchev–Trinajstić information content (AvgIpc) is 2.73. The Hall–Kier alpha value is -3.26. The molecule has 28 heavy (non-hydrogen) atoms. The third kappa shape index (κ3) is 4.34. The average molecular weight is 399 g/mol. The van der Waals surface area contributed by atoms with Crippen LogP contribution in [0.1, 0.15) is 16.1 Å². The summed E-state index contributed by atoms with van der Waals surface area (Å²) in [7, 11) is -2.34. The molecule has 1 aromatic heterocycles. The Kier molecular flexibility index (Phi) is 5.70. The fourth-order valence-corrected chi connectivity index (χ4v) is 3.71. The summed E-state index contributed by atoms with van der Waals surface area (Å²) in [4.78, 5) is 16.5. The van der Waals surface area contributed by atoms with Crippen molar-refractivity contribution in [2.75, 3.05) is 11.4 Å². The number of carbonyl (C=O) groups is 1. The molecule has 0 fully saturated rings. The first-order valence-corrected chi connectivity index (χ1v) is 9.84. The summed E-state index contributed by atoms with van der Waals surface area (Å²) in [6.07, 6.45) is 1.37. The molecule has 3 rings (SSSR count). The lowest BCUT2D eigenvalue weighted by molar-refractivity contribution is 0.0946. The van der Waals surface area contributed by atoms with Crippen LogP contribution in [-0.2, 0) is 16.6 Å². The van der Waals surface area contributed by atoms with Crippen molar-refractivity contribution in [1.82, 2.24) is 10.3 Å². The summed E-state index contributed by atoms with van der Waals surface area (Å²) in [6.45, 7) is 0.198. The van der Waals surface area contributed by atoms with Gasteiger partial charge in [0.1, 0.15) is 11.5 Å². The van der Waals surface area contributed by atoms with Crippen LogP contribution >= 0.6 is 0 Å². The highest BCUT2D eigenvalue weighted by Crippen LogP contribution is 2.22. The van der Waals surface area contributed by atoms with Gasteiger partial charge >= 0.3 is 0 Å². The van der Waals surface area contributed by atoms with Gasteiger partial charge in [0.2, 0.25) is 0 Å². The fourth-order valence-electron chi connectivity index (χ4n) is 2.50. The number of aromatic nitrogens is 1. The molecule has 1 amide bonds. The minimum Gasteiger partial charge on any atom is -0.347 e. The van der Waals surface area contributed by atoms with E-state index in [4.69, 9.17) is 0 Å². The summed E-state index contributed by atoms with van der Waals surface area (Å²) in [5, 5.41) is 2.68. The van der Waals surface area contributed by atoms with E-state index in [1.54, 1.807) is 30.3 Å². The predicted molar refractivity (Wildman–Crippen MR) is 104 cm³/mol. The first-order valence-electron chi connectivity index (χ1n) is 8.40. The number of hydrogen-bond acceptors (Lipinski definition) is 4. The molecule has 1 heterocycles. The van der Waals surface area contributed by atoms with Gasteiger partial charge in [-0.2, -0.15) is 0 Å². The zero-order valence-electron chi connectivity index (χ0n) is 15.0. The minimum atomic E-state index is -3.76. The van der Waals surface area contributed by atoms with Crippen molar-refractivity contribution in [1.29, 1.82) is 0 Å². The Bertz CT molecular complexity index is 1070. The molecular formula is C20H18FN3O3S.